The van der Waals surface area contributed by atoms with Gasteiger partial charge in [0.05, 0.1) is 12.2 Å². The third kappa shape index (κ3) is 2.25. The summed E-state index contributed by atoms with van der Waals surface area (Å²) in [5.74, 6) is 1.29. The van der Waals surface area contributed by atoms with Crippen LogP contribution in [0, 0.1) is 0 Å². The molecule has 2 aromatic rings. The number of aromatic nitrogens is 3. The number of hydrogen-bond acceptors (Lipinski definition) is 4. The second-order valence-corrected chi connectivity index (χ2v) is 3.25. The number of nitrogens with two attached hydrogens (primary N) is 1. The summed E-state index contributed by atoms with van der Waals surface area (Å²) in [6.45, 7) is 0.687. The third-order valence-corrected chi connectivity index (χ3v) is 2.14. The smallest absolute Gasteiger partial charge is 0.128 e. The summed E-state index contributed by atoms with van der Waals surface area (Å²) in [6, 6.07) is 7.47. The minimum Gasteiger partial charge on any atom is -0.384 e. The summed E-state index contributed by atoms with van der Waals surface area (Å²) in [7, 11) is 1.91. The Balaban J connectivity index is 2.02. The Labute approximate surface area is 87.9 Å². The standard InChI is InChI=1S/C10H13N5/c1-15-8(5-6-13-15)7-12-10-4-2-3-9(11)14-10/h2-6H,7H2,1H3,(H3,11,12,14). The van der Waals surface area contributed by atoms with Crippen molar-refractivity contribution in [3.63, 3.8) is 0 Å². The number of nitrogens with zero attached hydrogens (tertiary/aromatic N) is 3. The van der Waals surface area contributed by atoms with Gasteiger partial charge >= 0.3 is 0 Å². The zero-order chi connectivity index (χ0) is 10.7. The summed E-state index contributed by atoms with van der Waals surface area (Å²) >= 11 is 0. The quantitative estimate of drug-likeness (QED) is 0.781. The van der Waals surface area contributed by atoms with Crippen LogP contribution in [0.15, 0.2) is 30.5 Å². The topological polar surface area (TPSA) is 68.8 Å². The molecule has 2 aromatic heterocycles. The molecule has 0 aliphatic rings. The largest absolute Gasteiger partial charge is 0.384 e. The van der Waals surface area contributed by atoms with Crippen LogP contribution in [0.2, 0.25) is 0 Å². The Hall–Kier alpha value is -2.04. The van der Waals surface area contributed by atoms with E-state index in [9.17, 15) is 0 Å². The average molecular weight is 203 g/mol. The van der Waals surface area contributed by atoms with Crippen LogP contribution in [-0.4, -0.2) is 14.8 Å². The summed E-state index contributed by atoms with van der Waals surface area (Å²) in [5.41, 5.74) is 6.67. The van der Waals surface area contributed by atoms with E-state index >= 15 is 0 Å². The number of nitrogens with one attached hydrogen (secondary N) is 1. The van der Waals surface area contributed by atoms with Gasteiger partial charge in [-0.2, -0.15) is 5.10 Å². The number of hydrogen-bond donors (Lipinski definition) is 2. The molecule has 5 heteroatoms. The van der Waals surface area contributed by atoms with Gasteiger partial charge in [-0.15, -0.1) is 0 Å². The van der Waals surface area contributed by atoms with E-state index in [1.165, 1.54) is 0 Å². The van der Waals surface area contributed by atoms with Crippen molar-refractivity contribution < 1.29 is 0 Å². The van der Waals surface area contributed by atoms with E-state index in [0.29, 0.717) is 12.4 Å². The van der Waals surface area contributed by atoms with Gasteiger partial charge in [-0.25, -0.2) is 4.98 Å². The van der Waals surface area contributed by atoms with Crippen molar-refractivity contribution in [2.75, 3.05) is 11.1 Å². The molecule has 0 atom stereocenters. The lowest BCUT2D eigenvalue weighted by atomic mass is 10.4. The zero-order valence-electron chi connectivity index (χ0n) is 8.51. The Morgan fingerprint density at radius 2 is 2.27 bits per heavy atom. The molecule has 0 saturated heterocycles. The Bertz CT molecular complexity index is 449. The fraction of sp³-hybridized carbons (Fsp3) is 0.200. The number of pyridine rings is 1. The molecule has 0 saturated carbocycles. The molecule has 0 radical (unpaired) electrons. The predicted octanol–water partition coefficient (Wildman–Crippen LogP) is 1.01. The maximum Gasteiger partial charge on any atom is 0.128 e. The molecule has 0 amide bonds. The normalized spacial score (nSPS) is 10.2. The van der Waals surface area contributed by atoms with Crippen molar-refractivity contribution in [2.24, 2.45) is 7.05 Å². The Kier molecular flexibility index (Phi) is 2.53. The highest BCUT2D eigenvalue weighted by molar-refractivity contribution is 5.42. The molecule has 2 heterocycles. The van der Waals surface area contributed by atoms with Crippen LogP contribution in [0.4, 0.5) is 11.6 Å². The molecule has 2 rings (SSSR count). The minimum absolute atomic E-state index is 0.519. The molecule has 15 heavy (non-hydrogen) atoms. The molecule has 3 N–H and O–H groups in total. The molecule has 0 aliphatic heterocycles. The van der Waals surface area contributed by atoms with E-state index < -0.39 is 0 Å². The van der Waals surface area contributed by atoms with Crippen molar-refractivity contribution in [2.45, 2.75) is 6.54 Å². The Morgan fingerprint density at radius 3 is 2.93 bits per heavy atom. The lowest BCUT2D eigenvalue weighted by Crippen LogP contribution is -2.06. The van der Waals surface area contributed by atoms with E-state index in [-0.39, 0.29) is 0 Å². The van der Waals surface area contributed by atoms with Gasteiger partial charge in [0, 0.05) is 13.2 Å². The van der Waals surface area contributed by atoms with Crippen molar-refractivity contribution in [3.05, 3.63) is 36.2 Å². The van der Waals surface area contributed by atoms with Gasteiger partial charge in [0.15, 0.2) is 0 Å². The molecule has 0 unspecified atom stereocenters. The van der Waals surface area contributed by atoms with Crippen molar-refractivity contribution in [1.29, 1.82) is 0 Å². The molecular formula is C10H13N5. The first kappa shape index (κ1) is 9.51. The molecule has 0 spiro atoms. The second-order valence-electron chi connectivity index (χ2n) is 3.25. The SMILES string of the molecule is Cn1nccc1CNc1cccc(N)n1. The van der Waals surface area contributed by atoms with Crippen molar-refractivity contribution in [1.82, 2.24) is 14.8 Å². The van der Waals surface area contributed by atoms with Crippen LogP contribution in [0.25, 0.3) is 0 Å². The molecule has 5 nitrogen and oxygen atoms in total. The fourth-order valence-electron chi connectivity index (χ4n) is 1.31. The van der Waals surface area contributed by atoms with Gasteiger partial charge in [-0.1, -0.05) is 6.07 Å². The lowest BCUT2D eigenvalue weighted by molar-refractivity contribution is 0.720. The number of anilines is 2. The monoisotopic (exact) mass is 203 g/mol. The molecule has 0 aromatic carbocycles. The van der Waals surface area contributed by atoms with Gasteiger partial charge < -0.3 is 11.1 Å². The molecular weight excluding hydrogens is 190 g/mol. The number of rotatable bonds is 3. The van der Waals surface area contributed by atoms with E-state index in [1.807, 2.05) is 29.9 Å². The minimum atomic E-state index is 0.519. The first-order chi connectivity index (χ1) is 7.25. The summed E-state index contributed by atoms with van der Waals surface area (Å²) in [4.78, 5) is 4.14. The van der Waals surface area contributed by atoms with Crippen molar-refractivity contribution in [3.8, 4) is 0 Å². The molecule has 0 bridgehead atoms. The zero-order valence-corrected chi connectivity index (χ0v) is 8.51. The molecule has 0 aliphatic carbocycles. The highest BCUT2D eigenvalue weighted by atomic mass is 15.3. The third-order valence-electron chi connectivity index (χ3n) is 2.14. The molecule has 0 fully saturated rings. The van der Waals surface area contributed by atoms with E-state index in [2.05, 4.69) is 15.4 Å². The molecule has 78 valence electrons. The highest BCUT2D eigenvalue weighted by Gasteiger charge is 1.98. The Morgan fingerprint density at radius 1 is 1.40 bits per heavy atom. The van der Waals surface area contributed by atoms with Crippen LogP contribution in [0.3, 0.4) is 0 Å². The van der Waals surface area contributed by atoms with Crippen molar-refractivity contribution >= 4 is 11.6 Å². The summed E-state index contributed by atoms with van der Waals surface area (Å²) in [5, 5.41) is 7.25. The van der Waals surface area contributed by atoms with E-state index in [0.717, 1.165) is 11.5 Å². The number of nitrogen functional groups attached to an aromatic ring is 1. The maximum absolute atomic E-state index is 5.57. The number of aryl methyl sites for hydroxylation is 1. The predicted molar refractivity (Wildman–Crippen MR) is 59.2 cm³/mol. The van der Waals surface area contributed by atoms with Crippen LogP contribution in [0.1, 0.15) is 5.69 Å². The van der Waals surface area contributed by atoms with Gasteiger partial charge in [0.1, 0.15) is 11.6 Å². The van der Waals surface area contributed by atoms with Crippen LogP contribution >= 0.6 is 0 Å². The summed E-state index contributed by atoms with van der Waals surface area (Å²) < 4.78 is 1.82. The second kappa shape index (κ2) is 4.00. The van der Waals surface area contributed by atoms with Gasteiger partial charge in [-0.3, -0.25) is 4.68 Å². The van der Waals surface area contributed by atoms with Crippen LogP contribution in [-0.2, 0) is 13.6 Å². The van der Waals surface area contributed by atoms with Gasteiger partial charge in [0.25, 0.3) is 0 Å². The average Bonchev–Trinajstić information content (AvgIpc) is 2.61. The van der Waals surface area contributed by atoms with E-state index in [1.54, 1.807) is 12.3 Å². The fourth-order valence-corrected chi connectivity index (χ4v) is 1.31. The van der Waals surface area contributed by atoms with Gasteiger partial charge in [0.2, 0.25) is 0 Å². The van der Waals surface area contributed by atoms with Crippen LogP contribution in [0.5, 0.6) is 0 Å². The van der Waals surface area contributed by atoms with E-state index in [4.69, 9.17) is 5.73 Å². The van der Waals surface area contributed by atoms with Crippen LogP contribution < -0.4 is 11.1 Å². The van der Waals surface area contributed by atoms with Gasteiger partial charge in [-0.05, 0) is 18.2 Å². The lowest BCUT2D eigenvalue weighted by Gasteiger charge is -2.05. The summed E-state index contributed by atoms with van der Waals surface area (Å²) in [6.07, 6.45) is 1.77. The first-order valence-corrected chi connectivity index (χ1v) is 4.69. The first-order valence-electron chi connectivity index (χ1n) is 4.69. The highest BCUT2D eigenvalue weighted by Crippen LogP contribution is 2.07. The maximum atomic E-state index is 5.57.